The van der Waals surface area contributed by atoms with Crippen LogP contribution in [0.3, 0.4) is 0 Å². The van der Waals surface area contributed by atoms with E-state index in [9.17, 15) is 24.3 Å². The van der Waals surface area contributed by atoms with Gasteiger partial charge in [-0.25, -0.2) is 9.78 Å². The molecule has 0 saturated heterocycles. The van der Waals surface area contributed by atoms with Crippen LogP contribution >= 0.6 is 0 Å². The fourth-order valence-corrected chi connectivity index (χ4v) is 3.51. The lowest BCUT2D eigenvalue weighted by Gasteiger charge is -2.18. The number of nitrogens with two attached hydrogens (primary N) is 1. The number of ether oxygens (including phenoxy) is 1. The number of nitrogens with zero attached hydrogens (tertiary/aromatic N) is 1. The Morgan fingerprint density at radius 3 is 2.34 bits per heavy atom. The zero-order chi connectivity index (χ0) is 27.3. The van der Waals surface area contributed by atoms with Gasteiger partial charge < -0.3 is 36.5 Å². The third-order valence-electron chi connectivity index (χ3n) is 5.51. The fraction of sp³-hybridized carbons (Fsp3) is 0.269. The molecule has 0 fully saturated rings. The summed E-state index contributed by atoms with van der Waals surface area (Å²) in [6.07, 6.45) is 2.35. The number of benzene rings is 2. The lowest BCUT2D eigenvalue weighted by atomic mass is 10.1. The first-order chi connectivity index (χ1) is 18.3. The summed E-state index contributed by atoms with van der Waals surface area (Å²) in [4.78, 5) is 56.1. The lowest BCUT2D eigenvalue weighted by Crippen LogP contribution is -2.49. The first kappa shape index (κ1) is 27.7. The number of aromatic nitrogens is 2. The van der Waals surface area contributed by atoms with E-state index in [0.29, 0.717) is 11.3 Å². The quantitative estimate of drug-likeness (QED) is 0.190. The molecule has 7 N–H and O–H groups in total. The molecule has 0 spiro atoms. The molecule has 3 aromatic rings. The molecule has 3 rings (SSSR count). The summed E-state index contributed by atoms with van der Waals surface area (Å²) in [6.45, 7) is -0.00794. The van der Waals surface area contributed by atoms with Gasteiger partial charge in [-0.2, -0.15) is 0 Å². The minimum atomic E-state index is -0.991. The second kappa shape index (κ2) is 14.0. The third kappa shape index (κ3) is 9.30. The van der Waals surface area contributed by atoms with Crippen molar-refractivity contribution >= 4 is 23.8 Å². The summed E-state index contributed by atoms with van der Waals surface area (Å²) in [7, 11) is 0. The van der Waals surface area contributed by atoms with Crippen LogP contribution in [-0.2, 0) is 38.6 Å². The first-order valence-corrected chi connectivity index (χ1v) is 11.9. The Labute approximate surface area is 219 Å². The average molecular weight is 523 g/mol. The highest BCUT2D eigenvalue weighted by Gasteiger charge is 2.23. The number of amides is 4. The van der Waals surface area contributed by atoms with Crippen LogP contribution in [-0.4, -0.2) is 57.5 Å². The van der Waals surface area contributed by atoms with Gasteiger partial charge in [0.25, 0.3) is 0 Å². The monoisotopic (exact) mass is 522 g/mol. The summed E-state index contributed by atoms with van der Waals surface area (Å²) < 4.78 is 5.21. The van der Waals surface area contributed by atoms with Crippen LogP contribution in [0.1, 0.15) is 23.2 Å². The average Bonchev–Trinajstić information content (AvgIpc) is 3.41. The number of aromatic hydroxyl groups is 1. The van der Waals surface area contributed by atoms with E-state index in [1.165, 1.54) is 24.7 Å². The Morgan fingerprint density at radius 2 is 1.68 bits per heavy atom. The Morgan fingerprint density at radius 1 is 0.947 bits per heavy atom. The normalized spacial score (nSPS) is 12.1. The number of nitrogens with one attached hydrogen (secondary N) is 4. The highest BCUT2D eigenvalue weighted by molar-refractivity contribution is 5.88. The minimum Gasteiger partial charge on any atom is -0.508 e. The molecule has 0 aliphatic heterocycles. The summed E-state index contributed by atoms with van der Waals surface area (Å²) in [5, 5.41) is 17.1. The number of hydrogen-bond donors (Lipinski definition) is 6. The molecule has 12 heteroatoms. The number of alkyl carbamates (subject to hydrolysis) is 1. The lowest BCUT2D eigenvalue weighted by molar-refractivity contribution is -0.127. The smallest absolute Gasteiger partial charge is 0.408 e. The van der Waals surface area contributed by atoms with E-state index in [1.54, 1.807) is 24.3 Å². The zero-order valence-corrected chi connectivity index (χ0v) is 20.6. The topological polar surface area (TPSA) is 189 Å². The van der Waals surface area contributed by atoms with E-state index < -0.39 is 35.9 Å². The SMILES string of the molecule is NC(=O)[C@H](Cc1ccc(O)cc1)NC(=O)CCNC(=O)[C@H](Cc1cnc[nH]1)NC(=O)OCc1ccccc1. The van der Waals surface area contributed by atoms with Gasteiger partial charge in [0.2, 0.25) is 17.7 Å². The van der Waals surface area contributed by atoms with Crippen molar-refractivity contribution in [3.8, 4) is 5.75 Å². The predicted octanol–water partition coefficient (Wildman–Crippen LogP) is 0.672. The van der Waals surface area contributed by atoms with Crippen molar-refractivity contribution in [2.75, 3.05) is 6.54 Å². The third-order valence-corrected chi connectivity index (χ3v) is 5.51. The van der Waals surface area contributed by atoms with E-state index in [1.807, 2.05) is 18.2 Å². The van der Waals surface area contributed by atoms with Crippen molar-refractivity contribution in [1.82, 2.24) is 25.9 Å². The largest absolute Gasteiger partial charge is 0.508 e. The standard InChI is InChI=1S/C26H30N6O6/c27-24(35)21(12-17-6-8-20(33)9-7-17)31-23(34)10-11-29-25(36)22(13-19-14-28-16-30-19)32-26(37)38-15-18-4-2-1-3-5-18/h1-9,14,16,21-22,33H,10-13,15H2,(H2,27,35)(H,28,30)(H,29,36)(H,31,34)(H,32,37)/t21-,22-/m0/s1. The van der Waals surface area contributed by atoms with Crippen LogP contribution in [0.4, 0.5) is 4.79 Å². The molecule has 2 atom stereocenters. The van der Waals surface area contributed by atoms with Gasteiger partial charge in [-0.05, 0) is 23.3 Å². The highest BCUT2D eigenvalue weighted by atomic mass is 16.5. The maximum absolute atomic E-state index is 12.8. The summed E-state index contributed by atoms with van der Waals surface area (Å²) in [6, 6.07) is 13.3. The number of H-pyrrole nitrogens is 1. The number of phenols is 1. The number of phenolic OH excluding ortho intramolecular Hbond substituents is 1. The molecule has 38 heavy (non-hydrogen) atoms. The Hall–Kier alpha value is -4.87. The number of carbonyl (C=O) groups is 4. The summed E-state index contributed by atoms with van der Waals surface area (Å²) in [5.74, 6) is -1.66. The number of primary amides is 1. The maximum atomic E-state index is 12.8. The van der Waals surface area contributed by atoms with Gasteiger partial charge >= 0.3 is 6.09 Å². The number of aromatic amines is 1. The van der Waals surface area contributed by atoms with Gasteiger partial charge in [0.05, 0.1) is 6.33 Å². The molecular weight excluding hydrogens is 492 g/mol. The molecule has 0 unspecified atom stereocenters. The molecule has 12 nitrogen and oxygen atoms in total. The van der Waals surface area contributed by atoms with Crippen LogP contribution in [0.15, 0.2) is 67.1 Å². The number of carbonyl (C=O) groups excluding carboxylic acids is 4. The van der Waals surface area contributed by atoms with Crippen molar-refractivity contribution in [1.29, 1.82) is 0 Å². The van der Waals surface area contributed by atoms with Crippen LogP contribution in [0.2, 0.25) is 0 Å². The van der Waals surface area contributed by atoms with Gasteiger partial charge in [-0.3, -0.25) is 14.4 Å². The molecule has 200 valence electrons. The molecule has 4 amide bonds. The zero-order valence-electron chi connectivity index (χ0n) is 20.6. The van der Waals surface area contributed by atoms with E-state index in [-0.39, 0.29) is 38.2 Å². The highest BCUT2D eigenvalue weighted by Crippen LogP contribution is 2.11. The fourth-order valence-electron chi connectivity index (χ4n) is 3.51. The number of rotatable bonds is 13. The molecule has 0 saturated carbocycles. The summed E-state index contributed by atoms with van der Waals surface area (Å²) >= 11 is 0. The molecule has 1 heterocycles. The van der Waals surface area contributed by atoms with E-state index in [0.717, 1.165) is 5.56 Å². The van der Waals surface area contributed by atoms with Crippen molar-refractivity contribution in [2.24, 2.45) is 5.73 Å². The molecule has 1 aromatic heterocycles. The second-order valence-corrected chi connectivity index (χ2v) is 8.47. The van der Waals surface area contributed by atoms with E-state index in [4.69, 9.17) is 10.5 Å². The maximum Gasteiger partial charge on any atom is 0.408 e. The molecule has 0 bridgehead atoms. The van der Waals surface area contributed by atoms with Gasteiger partial charge in [0.1, 0.15) is 24.4 Å². The number of hydrogen-bond acceptors (Lipinski definition) is 7. The van der Waals surface area contributed by atoms with E-state index in [2.05, 4.69) is 25.9 Å². The molecule has 0 aliphatic carbocycles. The van der Waals surface area contributed by atoms with Crippen LogP contribution in [0.25, 0.3) is 0 Å². The van der Waals surface area contributed by atoms with Gasteiger partial charge in [0.15, 0.2) is 0 Å². The Kier molecular flexibility index (Phi) is 10.2. The van der Waals surface area contributed by atoms with Gasteiger partial charge in [0, 0.05) is 37.7 Å². The van der Waals surface area contributed by atoms with Crippen molar-refractivity contribution in [3.63, 3.8) is 0 Å². The molecule has 0 aliphatic rings. The Balaban J connectivity index is 1.49. The van der Waals surface area contributed by atoms with Crippen LogP contribution < -0.4 is 21.7 Å². The van der Waals surface area contributed by atoms with Gasteiger partial charge in [-0.15, -0.1) is 0 Å². The van der Waals surface area contributed by atoms with Crippen molar-refractivity contribution < 1.29 is 29.0 Å². The first-order valence-electron chi connectivity index (χ1n) is 11.9. The van der Waals surface area contributed by atoms with Crippen LogP contribution in [0.5, 0.6) is 5.75 Å². The van der Waals surface area contributed by atoms with Gasteiger partial charge in [-0.1, -0.05) is 42.5 Å². The van der Waals surface area contributed by atoms with Crippen molar-refractivity contribution in [3.05, 3.63) is 83.9 Å². The van der Waals surface area contributed by atoms with Crippen LogP contribution in [0, 0.1) is 0 Å². The summed E-state index contributed by atoms with van der Waals surface area (Å²) in [5.41, 5.74) is 7.53. The Bertz CT molecular complexity index is 1200. The molecule has 2 aromatic carbocycles. The minimum absolute atomic E-state index is 0.0381. The van der Waals surface area contributed by atoms with E-state index >= 15 is 0 Å². The molecule has 0 radical (unpaired) electrons. The molecular formula is C26H30N6O6. The second-order valence-electron chi connectivity index (χ2n) is 8.47. The van der Waals surface area contributed by atoms with Crippen molar-refractivity contribution in [2.45, 2.75) is 38.0 Å². The number of imidazole rings is 1. The predicted molar refractivity (Wildman–Crippen MR) is 136 cm³/mol.